The molecular weight excluding hydrogens is 180 g/mol. The van der Waals surface area contributed by atoms with Gasteiger partial charge in [0.15, 0.2) is 0 Å². The third-order valence-electron chi connectivity index (χ3n) is 3.05. The van der Waals surface area contributed by atoms with Gasteiger partial charge in [-0.25, -0.2) is 0 Å². The van der Waals surface area contributed by atoms with Gasteiger partial charge in [-0.3, -0.25) is 0 Å². The molecule has 0 spiro atoms. The van der Waals surface area contributed by atoms with Gasteiger partial charge in [0, 0.05) is 0 Å². The number of hydrogen-bond donors (Lipinski definition) is 0. The van der Waals surface area contributed by atoms with E-state index >= 15 is 0 Å². The van der Waals surface area contributed by atoms with Crippen LogP contribution in [0.25, 0.3) is 0 Å². The van der Waals surface area contributed by atoms with Crippen LogP contribution in [-0.2, 0) is 0 Å². The van der Waals surface area contributed by atoms with Crippen molar-refractivity contribution in [3.05, 3.63) is 48.6 Å². The maximum Gasteiger partial charge on any atom is -0.0111 e. The fraction of sp³-hybridized carbons (Fsp3) is 0.467. The molecule has 3 atom stereocenters. The first-order valence-electron chi connectivity index (χ1n) is 5.83. The fourth-order valence-electron chi connectivity index (χ4n) is 2.10. The first-order valence-corrected chi connectivity index (χ1v) is 5.83. The zero-order valence-corrected chi connectivity index (χ0v) is 10.1. The Bertz CT molecular complexity index is 291. The van der Waals surface area contributed by atoms with Crippen molar-refractivity contribution in [3.8, 4) is 0 Å². The molecule has 0 N–H and O–H groups in total. The van der Waals surface area contributed by atoms with Crippen LogP contribution in [0.2, 0.25) is 0 Å². The summed E-state index contributed by atoms with van der Waals surface area (Å²) in [6.45, 7) is 10.6. The Hall–Kier alpha value is -1.04. The Morgan fingerprint density at radius 1 is 1.20 bits per heavy atom. The Kier molecular flexibility index (Phi) is 4.61. The van der Waals surface area contributed by atoms with Crippen LogP contribution >= 0.6 is 0 Å². The van der Waals surface area contributed by atoms with Crippen LogP contribution in [0.4, 0.5) is 0 Å². The van der Waals surface area contributed by atoms with Crippen LogP contribution in [0.15, 0.2) is 48.6 Å². The normalized spacial score (nSPS) is 30.7. The largest absolute Gasteiger partial charge is 0.0998 e. The Balaban J connectivity index is 2.31. The molecule has 0 amide bonds. The number of allylic oxidation sites excluding steroid dienone is 7. The van der Waals surface area contributed by atoms with Crippen molar-refractivity contribution < 1.29 is 0 Å². The molecular formula is C15H22. The van der Waals surface area contributed by atoms with Crippen molar-refractivity contribution in [3.63, 3.8) is 0 Å². The summed E-state index contributed by atoms with van der Waals surface area (Å²) in [6.07, 6.45) is 14.0. The molecule has 15 heavy (non-hydrogen) atoms. The lowest BCUT2D eigenvalue weighted by atomic mass is 10.2. The molecule has 0 nitrogen and oxygen atoms in total. The zero-order chi connectivity index (χ0) is 11.3. The molecule has 1 fully saturated rings. The van der Waals surface area contributed by atoms with Crippen LogP contribution in [-0.4, -0.2) is 0 Å². The smallest absolute Gasteiger partial charge is 0.0111 e. The molecule has 1 rings (SSSR count). The van der Waals surface area contributed by atoms with Crippen LogP contribution in [0.5, 0.6) is 0 Å². The second-order valence-electron chi connectivity index (χ2n) is 4.41. The van der Waals surface area contributed by atoms with E-state index in [0.29, 0.717) is 0 Å². The van der Waals surface area contributed by atoms with Crippen molar-refractivity contribution in [2.24, 2.45) is 17.8 Å². The van der Waals surface area contributed by atoms with Gasteiger partial charge in [-0.1, -0.05) is 62.5 Å². The van der Waals surface area contributed by atoms with Crippen molar-refractivity contribution >= 4 is 0 Å². The van der Waals surface area contributed by atoms with Crippen molar-refractivity contribution in [1.82, 2.24) is 0 Å². The molecule has 0 aromatic rings. The standard InChI is InChI=1S/C15H22/c1-5-6-7-8-9-10-11-14-13(4)15(14)12(2)3/h6-11,13-15H,2,5H2,1,3-4H3/b7-6-,9-8+,11-10+. The molecule has 0 saturated heterocycles. The van der Waals surface area contributed by atoms with E-state index in [4.69, 9.17) is 0 Å². The molecule has 3 unspecified atom stereocenters. The van der Waals surface area contributed by atoms with Crippen molar-refractivity contribution in [1.29, 1.82) is 0 Å². The van der Waals surface area contributed by atoms with Gasteiger partial charge >= 0.3 is 0 Å². The lowest BCUT2D eigenvalue weighted by Crippen LogP contribution is -1.78. The molecule has 82 valence electrons. The predicted octanol–water partition coefficient (Wildman–Crippen LogP) is 4.52. The van der Waals surface area contributed by atoms with Gasteiger partial charge in [-0.2, -0.15) is 0 Å². The molecule has 0 radical (unpaired) electrons. The summed E-state index contributed by atoms with van der Waals surface area (Å²) in [6, 6.07) is 0. The van der Waals surface area contributed by atoms with Crippen LogP contribution < -0.4 is 0 Å². The van der Waals surface area contributed by atoms with Gasteiger partial charge in [-0.05, 0) is 31.1 Å². The average Bonchev–Trinajstić information content (AvgIpc) is 2.83. The van der Waals surface area contributed by atoms with E-state index in [1.165, 1.54) is 5.57 Å². The van der Waals surface area contributed by atoms with E-state index in [-0.39, 0.29) is 0 Å². The van der Waals surface area contributed by atoms with Gasteiger partial charge in [0.1, 0.15) is 0 Å². The Labute approximate surface area is 94.1 Å². The molecule has 0 aromatic heterocycles. The second kappa shape index (κ2) is 5.75. The predicted molar refractivity (Wildman–Crippen MR) is 68.7 cm³/mol. The molecule has 1 aliphatic rings. The van der Waals surface area contributed by atoms with E-state index in [1.807, 2.05) is 0 Å². The van der Waals surface area contributed by atoms with Crippen molar-refractivity contribution in [2.75, 3.05) is 0 Å². The summed E-state index contributed by atoms with van der Waals surface area (Å²) >= 11 is 0. The van der Waals surface area contributed by atoms with Gasteiger partial charge in [0.2, 0.25) is 0 Å². The first kappa shape index (κ1) is 12.0. The maximum absolute atomic E-state index is 4.02. The molecule has 0 bridgehead atoms. The van der Waals surface area contributed by atoms with E-state index in [9.17, 15) is 0 Å². The van der Waals surface area contributed by atoms with Crippen LogP contribution in [0.1, 0.15) is 27.2 Å². The minimum Gasteiger partial charge on any atom is -0.0998 e. The monoisotopic (exact) mass is 202 g/mol. The SMILES string of the molecule is C=C(C)C1C(C)C1/C=C/C=C/C=C\CC. The summed E-state index contributed by atoms with van der Waals surface area (Å²) in [4.78, 5) is 0. The summed E-state index contributed by atoms with van der Waals surface area (Å²) in [7, 11) is 0. The van der Waals surface area contributed by atoms with Crippen LogP contribution in [0, 0.1) is 17.8 Å². The van der Waals surface area contributed by atoms with Crippen LogP contribution in [0.3, 0.4) is 0 Å². The van der Waals surface area contributed by atoms with Gasteiger partial charge in [0.25, 0.3) is 0 Å². The van der Waals surface area contributed by atoms with E-state index in [2.05, 4.69) is 63.8 Å². The second-order valence-corrected chi connectivity index (χ2v) is 4.41. The lowest BCUT2D eigenvalue weighted by Gasteiger charge is -1.90. The van der Waals surface area contributed by atoms with E-state index < -0.39 is 0 Å². The Morgan fingerprint density at radius 2 is 1.87 bits per heavy atom. The summed E-state index contributed by atoms with van der Waals surface area (Å²) in [5.41, 5.74) is 1.33. The third kappa shape index (κ3) is 3.54. The minimum atomic E-state index is 0.723. The van der Waals surface area contributed by atoms with E-state index in [1.54, 1.807) is 0 Å². The zero-order valence-electron chi connectivity index (χ0n) is 10.1. The lowest BCUT2D eigenvalue weighted by molar-refractivity contribution is 0.857. The molecule has 0 aliphatic heterocycles. The highest BCUT2D eigenvalue weighted by Gasteiger charge is 2.44. The summed E-state index contributed by atoms with van der Waals surface area (Å²) in [5, 5.41) is 0. The minimum absolute atomic E-state index is 0.723. The third-order valence-corrected chi connectivity index (χ3v) is 3.05. The highest BCUT2D eigenvalue weighted by molar-refractivity contribution is 5.22. The fourth-order valence-corrected chi connectivity index (χ4v) is 2.10. The van der Waals surface area contributed by atoms with Crippen molar-refractivity contribution in [2.45, 2.75) is 27.2 Å². The highest BCUT2D eigenvalue weighted by atomic mass is 14.5. The highest BCUT2D eigenvalue weighted by Crippen LogP contribution is 2.50. The van der Waals surface area contributed by atoms with Gasteiger partial charge in [0.05, 0.1) is 0 Å². The molecule has 1 aliphatic carbocycles. The topological polar surface area (TPSA) is 0 Å². The Morgan fingerprint density at radius 3 is 2.40 bits per heavy atom. The molecule has 0 aromatic carbocycles. The van der Waals surface area contributed by atoms with Gasteiger partial charge in [-0.15, -0.1) is 0 Å². The molecule has 0 heteroatoms. The molecule has 0 heterocycles. The van der Waals surface area contributed by atoms with Gasteiger partial charge < -0.3 is 0 Å². The quantitative estimate of drug-likeness (QED) is 0.454. The van der Waals surface area contributed by atoms with E-state index in [0.717, 1.165) is 24.2 Å². The molecule has 1 saturated carbocycles. The maximum atomic E-state index is 4.02. The summed E-state index contributed by atoms with van der Waals surface area (Å²) in [5.74, 6) is 2.24. The first-order chi connectivity index (χ1) is 7.18. The summed E-state index contributed by atoms with van der Waals surface area (Å²) < 4.78 is 0. The number of rotatable bonds is 5. The average molecular weight is 202 g/mol. The number of hydrogen-bond acceptors (Lipinski definition) is 0.